The summed E-state index contributed by atoms with van der Waals surface area (Å²) in [7, 11) is 1.65. The van der Waals surface area contributed by atoms with E-state index in [2.05, 4.69) is 17.0 Å². The standard InChI is InChI=1S/C25H21NO2/c1-27-24-17-14-22(15-18-24)11-8-20-26-28-25(23-12-6-3-7-13-23)19-16-21-9-4-2-5-10-21/h2-15,17-18,20,25H,1H3/b11-8+,26-20-. The van der Waals surface area contributed by atoms with Gasteiger partial charge in [0.25, 0.3) is 0 Å². The van der Waals surface area contributed by atoms with Crippen LogP contribution in [0.25, 0.3) is 6.08 Å². The van der Waals surface area contributed by atoms with Crippen LogP contribution in [0.2, 0.25) is 0 Å². The van der Waals surface area contributed by atoms with Crippen molar-refractivity contribution in [2.75, 3.05) is 7.11 Å². The second kappa shape index (κ2) is 10.4. The van der Waals surface area contributed by atoms with Gasteiger partial charge in [-0.3, -0.25) is 0 Å². The number of rotatable bonds is 6. The maximum Gasteiger partial charge on any atom is 0.213 e. The largest absolute Gasteiger partial charge is 0.497 e. The summed E-state index contributed by atoms with van der Waals surface area (Å²) in [6.07, 6.45) is 4.95. The fourth-order valence-electron chi connectivity index (χ4n) is 2.47. The first-order valence-electron chi connectivity index (χ1n) is 8.96. The van der Waals surface area contributed by atoms with Crippen LogP contribution >= 0.6 is 0 Å². The van der Waals surface area contributed by atoms with Gasteiger partial charge >= 0.3 is 0 Å². The first-order chi connectivity index (χ1) is 13.8. The number of hydrogen-bond donors (Lipinski definition) is 0. The third-order valence-corrected chi connectivity index (χ3v) is 3.94. The normalized spacial score (nSPS) is 11.8. The van der Waals surface area contributed by atoms with Crippen molar-refractivity contribution in [3.8, 4) is 17.6 Å². The van der Waals surface area contributed by atoms with Crippen LogP contribution < -0.4 is 4.74 Å². The van der Waals surface area contributed by atoms with E-state index in [1.807, 2.05) is 97.1 Å². The van der Waals surface area contributed by atoms with Gasteiger partial charge in [-0.1, -0.05) is 77.8 Å². The van der Waals surface area contributed by atoms with Gasteiger partial charge in [0, 0.05) is 11.1 Å². The van der Waals surface area contributed by atoms with E-state index in [0.717, 1.165) is 22.4 Å². The van der Waals surface area contributed by atoms with Gasteiger partial charge in [0.1, 0.15) is 5.75 Å². The van der Waals surface area contributed by atoms with Crippen molar-refractivity contribution in [1.82, 2.24) is 0 Å². The smallest absolute Gasteiger partial charge is 0.213 e. The van der Waals surface area contributed by atoms with Gasteiger partial charge < -0.3 is 9.57 Å². The summed E-state index contributed by atoms with van der Waals surface area (Å²) >= 11 is 0. The summed E-state index contributed by atoms with van der Waals surface area (Å²) < 4.78 is 5.15. The van der Waals surface area contributed by atoms with Gasteiger partial charge in [-0.05, 0) is 41.8 Å². The molecule has 1 atom stereocenters. The first kappa shape index (κ1) is 19.0. The molecule has 0 heterocycles. The molecule has 0 fully saturated rings. The lowest BCUT2D eigenvalue weighted by molar-refractivity contribution is 0.101. The lowest BCUT2D eigenvalue weighted by atomic mass is 10.1. The molecule has 0 saturated heterocycles. The van der Waals surface area contributed by atoms with Gasteiger partial charge in [-0.15, -0.1) is 0 Å². The van der Waals surface area contributed by atoms with E-state index in [1.54, 1.807) is 13.3 Å². The van der Waals surface area contributed by atoms with Crippen LogP contribution in [-0.4, -0.2) is 13.3 Å². The third kappa shape index (κ3) is 5.89. The van der Waals surface area contributed by atoms with Crippen molar-refractivity contribution >= 4 is 12.3 Å². The Labute approximate surface area is 165 Å². The Balaban J connectivity index is 1.66. The number of hydrogen-bond acceptors (Lipinski definition) is 3. The van der Waals surface area contributed by atoms with E-state index in [9.17, 15) is 0 Å². The van der Waals surface area contributed by atoms with Gasteiger partial charge in [-0.2, -0.15) is 0 Å². The summed E-state index contributed by atoms with van der Waals surface area (Å²) in [4.78, 5) is 5.65. The molecule has 0 aliphatic heterocycles. The summed E-state index contributed by atoms with van der Waals surface area (Å²) in [6.45, 7) is 0. The molecule has 0 bridgehead atoms. The van der Waals surface area contributed by atoms with Crippen LogP contribution in [0.5, 0.6) is 5.75 Å². The second-order valence-corrected chi connectivity index (χ2v) is 5.92. The number of benzene rings is 3. The summed E-state index contributed by atoms with van der Waals surface area (Å²) in [5.74, 6) is 7.12. The van der Waals surface area contributed by atoms with E-state index >= 15 is 0 Å². The molecular weight excluding hydrogens is 346 g/mol. The van der Waals surface area contributed by atoms with Crippen LogP contribution in [0, 0.1) is 11.8 Å². The van der Waals surface area contributed by atoms with Crippen molar-refractivity contribution in [3.05, 3.63) is 108 Å². The average Bonchev–Trinajstić information content (AvgIpc) is 2.77. The molecule has 3 aromatic carbocycles. The van der Waals surface area contributed by atoms with Crippen LogP contribution in [0.1, 0.15) is 22.8 Å². The number of nitrogens with zero attached hydrogens (tertiary/aromatic N) is 1. The molecule has 28 heavy (non-hydrogen) atoms. The second-order valence-electron chi connectivity index (χ2n) is 5.92. The van der Waals surface area contributed by atoms with Crippen LogP contribution in [0.4, 0.5) is 0 Å². The highest BCUT2D eigenvalue weighted by atomic mass is 16.6. The molecule has 3 aromatic rings. The van der Waals surface area contributed by atoms with Gasteiger partial charge in [0.15, 0.2) is 0 Å². The maximum atomic E-state index is 5.65. The van der Waals surface area contributed by atoms with Crippen molar-refractivity contribution in [2.45, 2.75) is 6.10 Å². The molecule has 0 N–H and O–H groups in total. The highest BCUT2D eigenvalue weighted by Crippen LogP contribution is 2.17. The predicted octanol–water partition coefficient (Wildman–Crippen LogP) is 5.50. The van der Waals surface area contributed by atoms with E-state index < -0.39 is 6.10 Å². The van der Waals surface area contributed by atoms with E-state index in [0.29, 0.717) is 0 Å². The Morgan fingerprint density at radius 1 is 0.857 bits per heavy atom. The summed E-state index contributed by atoms with van der Waals surface area (Å²) in [5.41, 5.74) is 2.95. The summed E-state index contributed by atoms with van der Waals surface area (Å²) in [5, 5.41) is 4.07. The lowest BCUT2D eigenvalue weighted by Gasteiger charge is -2.08. The highest BCUT2D eigenvalue weighted by molar-refractivity contribution is 5.77. The number of ether oxygens (including phenoxy) is 1. The minimum atomic E-state index is -0.438. The fourth-order valence-corrected chi connectivity index (χ4v) is 2.47. The molecule has 0 amide bonds. The third-order valence-electron chi connectivity index (χ3n) is 3.94. The van der Waals surface area contributed by atoms with Crippen molar-refractivity contribution < 1.29 is 9.57 Å². The molecule has 3 rings (SSSR count). The topological polar surface area (TPSA) is 30.8 Å². The van der Waals surface area contributed by atoms with Crippen LogP contribution in [-0.2, 0) is 4.84 Å². The fraction of sp³-hybridized carbons (Fsp3) is 0.0800. The zero-order valence-electron chi connectivity index (χ0n) is 15.7. The Morgan fingerprint density at radius 2 is 1.54 bits per heavy atom. The molecule has 0 spiro atoms. The molecule has 3 heteroatoms. The predicted molar refractivity (Wildman–Crippen MR) is 114 cm³/mol. The quantitative estimate of drug-likeness (QED) is 0.327. The van der Waals surface area contributed by atoms with E-state index in [4.69, 9.17) is 9.57 Å². The SMILES string of the molecule is COc1ccc(/C=C/C=N\OC(C#Cc2ccccc2)c2ccccc2)cc1. The van der Waals surface area contributed by atoms with E-state index in [1.165, 1.54) is 0 Å². The number of methoxy groups -OCH3 is 1. The van der Waals surface area contributed by atoms with Crippen molar-refractivity contribution in [1.29, 1.82) is 0 Å². The highest BCUT2D eigenvalue weighted by Gasteiger charge is 2.08. The van der Waals surface area contributed by atoms with Crippen molar-refractivity contribution in [2.24, 2.45) is 5.16 Å². The molecule has 3 nitrogen and oxygen atoms in total. The lowest BCUT2D eigenvalue weighted by Crippen LogP contribution is -1.97. The average molecular weight is 367 g/mol. The molecular formula is C25H21NO2. The van der Waals surface area contributed by atoms with E-state index in [-0.39, 0.29) is 0 Å². The molecule has 0 aliphatic rings. The minimum Gasteiger partial charge on any atom is -0.497 e. The molecule has 1 unspecified atom stereocenters. The molecule has 138 valence electrons. The molecule has 0 aromatic heterocycles. The first-order valence-corrected chi connectivity index (χ1v) is 8.96. The Hall–Kier alpha value is -3.77. The molecule has 0 saturated carbocycles. The zero-order chi connectivity index (χ0) is 19.4. The van der Waals surface area contributed by atoms with Crippen LogP contribution in [0.3, 0.4) is 0 Å². The van der Waals surface area contributed by atoms with Gasteiger partial charge in [0.2, 0.25) is 6.10 Å². The van der Waals surface area contributed by atoms with Crippen LogP contribution in [0.15, 0.2) is 96.2 Å². The Morgan fingerprint density at radius 3 is 2.21 bits per heavy atom. The van der Waals surface area contributed by atoms with Gasteiger partial charge in [-0.25, -0.2) is 0 Å². The maximum absolute atomic E-state index is 5.65. The van der Waals surface area contributed by atoms with Crippen molar-refractivity contribution in [3.63, 3.8) is 0 Å². The number of allylic oxidation sites excluding steroid dienone is 1. The summed E-state index contributed by atoms with van der Waals surface area (Å²) in [6, 6.07) is 27.5. The molecule has 0 radical (unpaired) electrons. The molecule has 0 aliphatic carbocycles. The minimum absolute atomic E-state index is 0.438. The Kier molecular flexibility index (Phi) is 7.06. The zero-order valence-corrected chi connectivity index (χ0v) is 15.7. The van der Waals surface area contributed by atoms with Gasteiger partial charge in [0.05, 0.1) is 13.3 Å². The number of oxime groups is 1. The Bertz CT molecular complexity index is 966. The monoisotopic (exact) mass is 367 g/mol.